The summed E-state index contributed by atoms with van der Waals surface area (Å²) < 4.78 is 6.78. The zero-order valence-electron chi connectivity index (χ0n) is 28.5. The number of anilines is 2. The number of nitrogens with zero attached hydrogens (tertiary/aromatic N) is 1. The minimum absolute atomic E-state index is 0.240. The Labute approximate surface area is 289 Å². The average molecular weight is 636 g/mol. The van der Waals surface area contributed by atoms with Crippen LogP contribution in [-0.2, 0) is 6.42 Å². The molecule has 0 spiro atoms. The normalized spacial score (nSPS) is 17.1. The van der Waals surface area contributed by atoms with Crippen LogP contribution in [0.3, 0.4) is 0 Å². The minimum atomic E-state index is 0.240. The van der Waals surface area contributed by atoms with E-state index >= 15 is 0 Å². The number of hydrogen-bond donors (Lipinski definition) is 0. The van der Waals surface area contributed by atoms with Gasteiger partial charge in [-0.1, -0.05) is 110 Å². The lowest BCUT2D eigenvalue weighted by Gasteiger charge is -2.25. The van der Waals surface area contributed by atoms with Gasteiger partial charge in [0, 0.05) is 39.7 Å². The molecule has 2 heterocycles. The summed E-state index contributed by atoms with van der Waals surface area (Å²) in [6, 6.07) is 35.6. The van der Waals surface area contributed by atoms with Crippen molar-refractivity contribution in [1.29, 1.82) is 0 Å². The van der Waals surface area contributed by atoms with Gasteiger partial charge in [-0.25, -0.2) is 0 Å². The third-order valence-corrected chi connectivity index (χ3v) is 10.0. The van der Waals surface area contributed by atoms with Crippen molar-refractivity contribution < 1.29 is 4.42 Å². The Morgan fingerprint density at radius 3 is 2.45 bits per heavy atom. The summed E-state index contributed by atoms with van der Waals surface area (Å²) >= 11 is 0. The van der Waals surface area contributed by atoms with Crippen LogP contribution in [0.1, 0.15) is 54.9 Å². The Kier molecular flexibility index (Phi) is 8.01. The first-order valence-electron chi connectivity index (χ1n) is 17.5. The molecule has 5 aromatic carbocycles. The van der Waals surface area contributed by atoms with E-state index in [1.165, 1.54) is 44.5 Å². The van der Waals surface area contributed by atoms with Crippen LogP contribution in [0.4, 0.5) is 11.4 Å². The quantitative estimate of drug-likeness (QED) is 0.181. The van der Waals surface area contributed by atoms with Gasteiger partial charge in [0.25, 0.3) is 0 Å². The van der Waals surface area contributed by atoms with Crippen molar-refractivity contribution in [3.05, 3.63) is 174 Å². The molecule has 240 valence electrons. The van der Waals surface area contributed by atoms with Gasteiger partial charge in [0.1, 0.15) is 11.2 Å². The van der Waals surface area contributed by atoms with Crippen molar-refractivity contribution in [2.75, 3.05) is 4.90 Å². The molecule has 0 radical (unpaired) electrons. The third kappa shape index (κ3) is 5.68. The van der Waals surface area contributed by atoms with Gasteiger partial charge in [0.05, 0.1) is 5.69 Å². The van der Waals surface area contributed by atoms with Crippen LogP contribution in [-0.4, -0.2) is 0 Å². The Morgan fingerprint density at radius 2 is 1.61 bits per heavy atom. The fourth-order valence-electron chi connectivity index (χ4n) is 7.57. The predicted octanol–water partition coefficient (Wildman–Crippen LogP) is 13.4. The summed E-state index contributed by atoms with van der Waals surface area (Å²) in [4.78, 5) is 2.26. The molecule has 8 rings (SSSR count). The van der Waals surface area contributed by atoms with Gasteiger partial charge in [0.15, 0.2) is 0 Å². The fraction of sp³-hybridized carbons (Fsp3) is 0.149. The van der Waals surface area contributed by atoms with Gasteiger partial charge < -0.3 is 9.32 Å². The number of allylic oxidation sites excluding steroid dienone is 8. The molecular formula is C47H41NO. The summed E-state index contributed by atoms with van der Waals surface area (Å²) in [5, 5.41) is 2.26. The summed E-state index contributed by atoms with van der Waals surface area (Å²) in [6.45, 7) is 11.0. The van der Waals surface area contributed by atoms with Gasteiger partial charge in [-0.2, -0.15) is 0 Å². The molecule has 49 heavy (non-hydrogen) atoms. The van der Waals surface area contributed by atoms with Gasteiger partial charge in [-0.3, -0.25) is 0 Å². The number of benzene rings is 5. The summed E-state index contributed by atoms with van der Waals surface area (Å²) in [5.41, 5.74) is 16.5. The molecule has 0 saturated carbocycles. The van der Waals surface area contributed by atoms with E-state index in [2.05, 4.69) is 172 Å². The summed E-state index contributed by atoms with van der Waals surface area (Å²) in [7, 11) is 0. The zero-order chi connectivity index (χ0) is 33.5. The number of hydrogen-bond acceptors (Lipinski definition) is 2. The Balaban J connectivity index is 1.35. The highest BCUT2D eigenvalue weighted by molar-refractivity contribution is 6.09. The van der Waals surface area contributed by atoms with Crippen molar-refractivity contribution in [3.8, 4) is 22.3 Å². The van der Waals surface area contributed by atoms with E-state index in [1.807, 2.05) is 0 Å². The number of rotatable bonds is 6. The molecule has 6 aromatic rings. The molecule has 2 heteroatoms. The molecule has 0 N–H and O–H groups in total. The van der Waals surface area contributed by atoms with Crippen molar-refractivity contribution in [1.82, 2.24) is 0 Å². The minimum Gasteiger partial charge on any atom is -0.456 e. The lowest BCUT2D eigenvalue weighted by atomic mass is 9.86. The number of furan rings is 1. The highest BCUT2D eigenvalue weighted by atomic mass is 16.3. The maximum atomic E-state index is 6.78. The highest BCUT2D eigenvalue weighted by Crippen LogP contribution is 2.43. The van der Waals surface area contributed by atoms with Crippen molar-refractivity contribution in [2.24, 2.45) is 0 Å². The predicted molar refractivity (Wildman–Crippen MR) is 209 cm³/mol. The first-order valence-corrected chi connectivity index (χ1v) is 17.5. The lowest BCUT2D eigenvalue weighted by molar-refractivity contribution is 0.657. The SMILES string of the molecule is C=C1/C=C\C=C/N(c2ccc3oc4c(C5C=C(C)C=CC5)cc(-c5ccc(CCC)c(-c6ccccc6C)c5)cc4c3c2)c2ccccc21. The standard InChI is InChI=1S/C47H41NO/c1-5-13-34-21-22-35(27-41(34)39-18-7-6-15-32(39)3)37-28-42(36-17-12-14-31(2)26-36)47-44(29-37)43-30-38(23-24-46(43)49-47)48-25-11-10-16-33(4)40-19-8-9-20-45(40)48/h6-12,14-16,18-30,36H,4-5,13,17H2,1-3H3/b16-10-,25-11-. The van der Waals surface area contributed by atoms with E-state index in [1.54, 1.807) is 0 Å². The molecule has 1 aliphatic heterocycles. The van der Waals surface area contributed by atoms with Crippen LogP contribution in [0.25, 0.3) is 49.8 Å². The van der Waals surface area contributed by atoms with Gasteiger partial charge in [0.2, 0.25) is 0 Å². The molecule has 2 aliphatic rings. The van der Waals surface area contributed by atoms with E-state index in [0.717, 1.165) is 63.7 Å². The molecule has 1 atom stereocenters. The molecule has 0 fully saturated rings. The molecule has 1 aromatic heterocycles. The Bertz CT molecular complexity index is 2380. The van der Waals surface area contributed by atoms with Crippen LogP contribution >= 0.6 is 0 Å². The molecule has 1 aliphatic carbocycles. The average Bonchev–Trinajstić information content (AvgIpc) is 3.49. The zero-order valence-corrected chi connectivity index (χ0v) is 28.5. The number of fused-ring (bicyclic) bond motifs is 4. The van der Waals surface area contributed by atoms with Crippen LogP contribution in [0.15, 0.2) is 156 Å². The maximum absolute atomic E-state index is 6.78. The van der Waals surface area contributed by atoms with Crippen molar-refractivity contribution >= 4 is 38.9 Å². The first kappa shape index (κ1) is 30.7. The highest BCUT2D eigenvalue weighted by Gasteiger charge is 2.22. The van der Waals surface area contributed by atoms with Crippen molar-refractivity contribution in [2.45, 2.75) is 46.0 Å². The summed E-state index contributed by atoms with van der Waals surface area (Å²) in [5.74, 6) is 0.240. The molecule has 2 nitrogen and oxygen atoms in total. The van der Waals surface area contributed by atoms with E-state index in [-0.39, 0.29) is 5.92 Å². The van der Waals surface area contributed by atoms with E-state index in [9.17, 15) is 0 Å². The molecule has 0 amide bonds. The third-order valence-electron chi connectivity index (χ3n) is 10.0. The van der Waals surface area contributed by atoms with Gasteiger partial charge in [-0.05, 0) is 114 Å². The fourth-order valence-corrected chi connectivity index (χ4v) is 7.57. The first-order chi connectivity index (χ1) is 24.0. The lowest BCUT2D eigenvalue weighted by Crippen LogP contribution is -2.11. The smallest absolute Gasteiger partial charge is 0.139 e. The van der Waals surface area contributed by atoms with E-state index in [0.29, 0.717) is 0 Å². The molecule has 0 saturated heterocycles. The second-order valence-corrected chi connectivity index (χ2v) is 13.4. The Hall–Kier alpha value is -5.60. The second kappa shape index (κ2) is 12.8. The monoisotopic (exact) mass is 635 g/mol. The molecular weight excluding hydrogens is 595 g/mol. The number of aryl methyl sites for hydroxylation is 2. The summed E-state index contributed by atoms with van der Waals surface area (Å²) in [6.07, 6.45) is 18.4. The van der Waals surface area contributed by atoms with Gasteiger partial charge in [-0.15, -0.1) is 0 Å². The van der Waals surface area contributed by atoms with Crippen LogP contribution in [0.2, 0.25) is 0 Å². The van der Waals surface area contributed by atoms with E-state index < -0.39 is 0 Å². The van der Waals surface area contributed by atoms with Gasteiger partial charge >= 0.3 is 0 Å². The Morgan fingerprint density at radius 1 is 0.776 bits per heavy atom. The molecule has 0 bridgehead atoms. The van der Waals surface area contributed by atoms with Crippen LogP contribution in [0, 0.1) is 6.92 Å². The van der Waals surface area contributed by atoms with Crippen LogP contribution in [0.5, 0.6) is 0 Å². The largest absolute Gasteiger partial charge is 0.456 e. The maximum Gasteiger partial charge on any atom is 0.139 e. The van der Waals surface area contributed by atoms with E-state index in [4.69, 9.17) is 4.42 Å². The van der Waals surface area contributed by atoms with Crippen molar-refractivity contribution in [3.63, 3.8) is 0 Å². The van der Waals surface area contributed by atoms with Crippen LogP contribution < -0.4 is 4.90 Å². The number of para-hydroxylation sites is 1. The topological polar surface area (TPSA) is 16.4 Å². The second-order valence-electron chi connectivity index (χ2n) is 13.4. The molecule has 1 unspecified atom stereocenters.